The Kier molecular flexibility index (Phi) is 5.52. The van der Waals surface area contributed by atoms with Crippen LogP contribution >= 0.6 is 0 Å². The van der Waals surface area contributed by atoms with Crippen molar-refractivity contribution in [3.8, 4) is 5.75 Å². The van der Waals surface area contributed by atoms with Crippen LogP contribution in [0, 0.1) is 0 Å². The van der Waals surface area contributed by atoms with Crippen LogP contribution in [0.1, 0.15) is 37.4 Å². The Morgan fingerprint density at radius 2 is 2.12 bits per heavy atom. The number of methoxy groups -OCH3 is 1. The molecule has 0 saturated carbocycles. The minimum atomic E-state index is -1.11. The van der Waals surface area contributed by atoms with Gasteiger partial charge in [-0.25, -0.2) is 0 Å². The van der Waals surface area contributed by atoms with Gasteiger partial charge < -0.3 is 14.7 Å². The van der Waals surface area contributed by atoms with Crippen molar-refractivity contribution in [2.75, 3.05) is 13.7 Å². The van der Waals surface area contributed by atoms with Gasteiger partial charge in [-0.05, 0) is 43.9 Å². The van der Waals surface area contributed by atoms with Crippen LogP contribution in [0.25, 0.3) is 0 Å². The largest absolute Gasteiger partial charge is 0.497 e. The Morgan fingerprint density at radius 3 is 2.77 bits per heavy atom. The molecule has 1 aliphatic heterocycles. The summed E-state index contributed by atoms with van der Waals surface area (Å²) in [6.45, 7) is 2.46. The molecule has 2 aromatic rings. The molecule has 1 aromatic carbocycles. The normalized spacial score (nSPS) is 19.2. The van der Waals surface area contributed by atoms with Crippen LogP contribution in [0.5, 0.6) is 5.75 Å². The van der Waals surface area contributed by atoms with E-state index in [4.69, 9.17) is 4.74 Å². The molecule has 1 N–H and O–H groups in total. The highest BCUT2D eigenvalue weighted by Crippen LogP contribution is 2.35. The number of benzene rings is 1. The third-order valence-electron chi connectivity index (χ3n) is 5.11. The monoisotopic (exact) mass is 355 g/mol. The maximum Gasteiger partial charge on any atom is 0.223 e. The molecule has 3 rings (SSSR count). The Balaban J connectivity index is 1.70. The number of rotatable bonds is 6. The van der Waals surface area contributed by atoms with Gasteiger partial charge in [0.1, 0.15) is 11.4 Å². The summed E-state index contributed by atoms with van der Waals surface area (Å²) in [5.41, 5.74) is 0.487. The van der Waals surface area contributed by atoms with Crippen molar-refractivity contribution in [3.63, 3.8) is 0 Å². The number of likely N-dealkylation sites (tertiary alicyclic amines) is 1. The number of nitrogens with zero attached hydrogens (tertiary/aromatic N) is 3. The molecular formula is C20H25N3O3. The van der Waals surface area contributed by atoms with Crippen molar-refractivity contribution >= 4 is 5.91 Å². The zero-order valence-corrected chi connectivity index (χ0v) is 15.3. The number of hydrogen-bond donors (Lipinski definition) is 1. The van der Waals surface area contributed by atoms with Crippen molar-refractivity contribution in [2.24, 2.45) is 0 Å². The second-order valence-electron chi connectivity index (χ2n) is 6.82. The number of aromatic nitrogens is 2. The van der Waals surface area contributed by atoms with Crippen LogP contribution in [-0.2, 0) is 16.8 Å². The predicted octanol–water partition coefficient (Wildman–Crippen LogP) is 2.32. The number of aliphatic hydroxyl groups is 1. The lowest BCUT2D eigenvalue weighted by molar-refractivity contribution is -0.137. The zero-order valence-electron chi connectivity index (χ0n) is 15.3. The molecule has 0 aliphatic carbocycles. The van der Waals surface area contributed by atoms with E-state index in [2.05, 4.69) is 9.97 Å². The maximum absolute atomic E-state index is 12.8. The Labute approximate surface area is 153 Å². The van der Waals surface area contributed by atoms with Gasteiger partial charge in [0.2, 0.25) is 5.91 Å². The van der Waals surface area contributed by atoms with Crippen LogP contribution < -0.4 is 4.74 Å². The van der Waals surface area contributed by atoms with Gasteiger partial charge in [-0.1, -0.05) is 12.1 Å². The quantitative estimate of drug-likeness (QED) is 0.861. The summed E-state index contributed by atoms with van der Waals surface area (Å²) in [4.78, 5) is 22.8. The van der Waals surface area contributed by atoms with E-state index < -0.39 is 5.60 Å². The van der Waals surface area contributed by atoms with E-state index in [1.165, 1.54) is 0 Å². The number of hydrogen-bond acceptors (Lipinski definition) is 5. The highest BCUT2D eigenvalue weighted by atomic mass is 16.5. The first kappa shape index (κ1) is 18.3. The van der Waals surface area contributed by atoms with Crippen molar-refractivity contribution in [2.45, 2.75) is 44.2 Å². The van der Waals surface area contributed by atoms with Gasteiger partial charge >= 0.3 is 0 Å². The standard InChI is InChI=1S/C20H25N3O3/c1-20(25,15-5-8-17(26-2)9-6-15)18-4-3-13-23(18)19(24)10-7-16-14-21-11-12-22-16/h5-6,8-9,11-12,14,18,25H,3-4,7,10,13H2,1-2H3. The lowest BCUT2D eigenvalue weighted by atomic mass is 9.86. The van der Waals surface area contributed by atoms with Crippen molar-refractivity contribution < 1.29 is 14.6 Å². The van der Waals surface area contributed by atoms with Gasteiger partial charge in [-0.15, -0.1) is 0 Å². The van der Waals surface area contributed by atoms with Crippen LogP contribution in [0.4, 0.5) is 0 Å². The van der Waals surface area contributed by atoms with Gasteiger partial charge in [-0.3, -0.25) is 14.8 Å². The van der Waals surface area contributed by atoms with Gasteiger partial charge in [0.25, 0.3) is 0 Å². The fourth-order valence-electron chi connectivity index (χ4n) is 3.61. The van der Waals surface area contributed by atoms with E-state index in [1.807, 2.05) is 29.2 Å². The molecular weight excluding hydrogens is 330 g/mol. The van der Waals surface area contributed by atoms with Crippen molar-refractivity contribution in [1.29, 1.82) is 0 Å². The number of amides is 1. The number of carbonyl (C=O) groups excluding carboxylic acids is 1. The average molecular weight is 355 g/mol. The molecule has 0 spiro atoms. The minimum absolute atomic E-state index is 0.0481. The zero-order chi connectivity index (χ0) is 18.6. The number of aryl methyl sites for hydroxylation is 1. The first-order valence-corrected chi connectivity index (χ1v) is 8.93. The minimum Gasteiger partial charge on any atom is -0.497 e. The molecule has 1 aliphatic rings. The molecule has 0 radical (unpaired) electrons. The molecule has 1 amide bonds. The second-order valence-corrected chi connectivity index (χ2v) is 6.82. The lowest BCUT2D eigenvalue weighted by Crippen LogP contribution is -2.48. The molecule has 2 atom stereocenters. The van der Waals surface area contributed by atoms with Gasteiger partial charge in [0.15, 0.2) is 0 Å². The highest BCUT2D eigenvalue weighted by molar-refractivity contribution is 5.77. The molecule has 0 bridgehead atoms. The first-order valence-electron chi connectivity index (χ1n) is 8.93. The topological polar surface area (TPSA) is 75.6 Å². The fourth-order valence-corrected chi connectivity index (χ4v) is 3.61. The Bertz CT molecular complexity index is 732. The summed E-state index contributed by atoms with van der Waals surface area (Å²) in [6.07, 6.45) is 7.54. The van der Waals surface area contributed by atoms with Crippen LogP contribution in [-0.4, -0.2) is 45.6 Å². The van der Waals surface area contributed by atoms with Crippen LogP contribution in [0.15, 0.2) is 42.9 Å². The summed E-state index contributed by atoms with van der Waals surface area (Å²) in [7, 11) is 1.61. The van der Waals surface area contributed by atoms with E-state index in [-0.39, 0.29) is 11.9 Å². The molecule has 6 heteroatoms. The summed E-state index contributed by atoms with van der Waals surface area (Å²) in [5, 5.41) is 11.2. The predicted molar refractivity (Wildman–Crippen MR) is 97.7 cm³/mol. The second kappa shape index (κ2) is 7.83. The van der Waals surface area contributed by atoms with Crippen molar-refractivity contribution in [1.82, 2.24) is 14.9 Å². The van der Waals surface area contributed by atoms with Crippen LogP contribution in [0.2, 0.25) is 0 Å². The Hall–Kier alpha value is -2.47. The van der Waals surface area contributed by atoms with Gasteiger partial charge in [-0.2, -0.15) is 0 Å². The van der Waals surface area contributed by atoms with E-state index >= 15 is 0 Å². The molecule has 1 aromatic heterocycles. The number of carbonyl (C=O) groups is 1. The molecule has 1 fully saturated rings. The molecule has 2 unspecified atom stereocenters. The molecule has 6 nitrogen and oxygen atoms in total. The Morgan fingerprint density at radius 1 is 1.35 bits per heavy atom. The summed E-state index contributed by atoms with van der Waals surface area (Å²) >= 11 is 0. The van der Waals surface area contributed by atoms with E-state index in [1.54, 1.807) is 32.6 Å². The van der Waals surface area contributed by atoms with E-state index in [9.17, 15) is 9.90 Å². The summed E-state index contributed by atoms with van der Waals surface area (Å²) in [5.74, 6) is 0.791. The third kappa shape index (κ3) is 3.85. The van der Waals surface area contributed by atoms with Gasteiger partial charge in [0.05, 0.1) is 18.8 Å². The van der Waals surface area contributed by atoms with E-state index in [0.717, 1.165) is 29.8 Å². The van der Waals surface area contributed by atoms with Crippen LogP contribution in [0.3, 0.4) is 0 Å². The molecule has 138 valence electrons. The highest BCUT2D eigenvalue weighted by Gasteiger charge is 2.42. The summed E-state index contributed by atoms with van der Waals surface area (Å²) in [6, 6.07) is 7.15. The SMILES string of the molecule is COc1ccc(C(C)(O)C2CCCN2C(=O)CCc2cnccn2)cc1. The van der Waals surface area contributed by atoms with E-state index in [0.29, 0.717) is 19.4 Å². The number of ether oxygens (including phenoxy) is 1. The van der Waals surface area contributed by atoms with Gasteiger partial charge in [0, 0.05) is 31.6 Å². The average Bonchev–Trinajstić information content (AvgIpc) is 3.18. The van der Waals surface area contributed by atoms with Crippen molar-refractivity contribution in [3.05, 3.63) is 54.1 Å². The third-order valence-corrected chi connectivity index (χ3v) is 5.11. The smallest absolute Gasteiger partial charge is 0.223 e. The molecule has 1 saturated heterocycles. The maximum atomic E-state index is 12.8. The summed E-state index contributed by atoms with van der Waals surface area (Å²) < 4.78 is 5.18. The molecule has 26 heavy (non-hydrogen) atoms. The molecule has 2 heterocycles. The first-order chi connectivity index (χ1) is 12.5. The fraction of sp³-hybridized carbons (Fsp3) is 0.450. The lowest BCUT2D eigenvalue weighted by Gasteiger charge is -2.37.